The Hall–Kier alpha value is -5.12. The van der Waals surface area contributed by atoms with Gasteiger partial charge in [-0.1, -0.05) is 142 Å². The molecule has 0 aliphatic carbocycles. The van der Waals surface area contributed by atoms with Crippen molar-refractivity contribution in [3.05, 3.63) is 106 Å². The lowest BCUT2D eigenvalue weighted by atomic mass is 9.79. The fourth-order valence-corrected chi connectivity index (χ4v) is 7.18. The van der Waals surface area contributed by atoms with Gasteiger partial charge < -0.3 is 28.7 Å². The number of hydrogen-bond donors (Lipinski definition) is 0. The van der Waals surface area contributed by atoms with E-state index in [1.54, 1.807) is 0 Å². The molecular formula is C48H66N2O8. The van der Waals surface area contributed by atoms with Gasteiger partial charge in [-0.3, -0.25) is 0 Å². The highest BCUT2D eigenvalue weighted by Gasteiger charge is 2.43. The van der Waals surface area contributed by atoms with E-state index in [9.17, 15) is 19.2 Å². The normalized spacial score (nSPS) is 17.3. The topological polar surface area (TPSA) is 112 Å². The van der Waals surface area contributed by atoms with Crippen molar-refractivity contribution in [3.8, 4) is 0 Å². The molecule has 0 saturated heterocycles. The summed E-state index contributed by atoms with van der Waals surface area (Å²) in [5.41, 5.74) is 3.89. The van der Waals surface area contributed by atoms with Crippen molar-refractivity contribution in [3.63, 3.8) is 0 Å². The second-order valence-corrected chi connectivity index (χ2v) is 17.7. The largest absolute Gasteiger partial charge is 0.465 e. The van der Waals surface area contributed by atoms with Crippen molar-refractivity contribution in [2.75, 3.05) is 41.5 Å². The Morgan fingerprint density at radius 2 is 0.810 bits per heavy atom. The maximum absolute atomic E-state index is 12.9. The lowest BCUT2D eigenvalue weighted by Gasteiger charge is -2.44. The second-order valence-electron chi connectivity index (χ2n) is 17.7. The number of hydrogen-bond acceptors (Lipinski definition) is 10. The minimum atomic E-state index is -0.539. The maximum atomic E-state index is 12.9. The van der Waals surface area contributed by atoms with E-state index in [-0.39, 0.29) is 45.5 Å². The predicted molar refractivity (Wildman–Crippen MR) is 230 cm³/mol. The Bertz CT molecular complexity index is 1740. The van der Waals surface area contributed by atoms with Crippen LogP contribution in [0.2, 0.25) is 0 Å². The Kier molecular flexibility index (Phi) is 16.7. The SMILES string of the molecule is COC(=O)C1=C(C(=O)OC)N(CCC(C)C)[C@H](C(C)(C)C)C=C1c1ccccc1.COC(=O)C1=C(C(=O)OC)N(CCC(C)C)[C@H](C(C)(C)C)C=C1c1ccccc1. The van der Waals surface area contributed by atoms with E-state index in [1.165, 1.54) is 28.4 Å². The van der Waals surface area contributed by atoms with Gasteiger partial charge >= 0.3 is 23.9 Å². The standard InChI is InChI=1S/2C24H33NO4/c2*1-16(2)13-14-25-19(24(3,4)5)15-18(17-11-9-8-10-12-17)20(22(26)28-6)21(25)23(27)29-7/h2*8-12,15-16,19H,13-14H2,1-7H3/t2*19-/m00/s1. The lowest BCUT2D eigenvalue weighted by Crippen LogP contribution is -2.48. The Labute approximate surface area is 346 Å². The quantitative estimate of drug-likeness (QED) is 0.153. The number of esters is 4. The summed E-state index contributed by atoms with van der Waals surface area (Å²) in [6.07, 6.45) is 5.95. The average molecular weight is 799 g/mol. The third kappa shape index (κ3) is 11.5. The Balaban J connectivity index is 0.000000310. The molecule has 2 heterocycles. The molecule has 0 fully saturated rings. The number of rotatable bonds is 12. The summed E-state index contributed by atoms with van der Waals surface area (Å²) >= 11 is 0. The zero-order valence-corrected chi connectivity index (χ0v) is 37.2. The van der Waals surface area contributed by atoms with Crippen LogP contribution in [0.15, 0.2) is 95.4 Å². The van der Waals surface area contributed by atoms with Gasteiger partial charge in [0, 0.05) is 13.1 Å². The van der Waals surface area contributed by atoms with Gasteiger partial charge in [0.15, 0.2) is 0 Å². The molecule has 4 rings (SSSR count). The van der Waals surface area contributed by atoms with Gasteiger partial charge in [0.05, 0.1) is 51.7 Å². The van der Waals surface area contributed by atoms with E-state index < -0.39 is 23.9 Å². The first-order chi connectivity index (χ1) is 27.2. The third-order valence-electron chi connectivity index (χ3n) is 10.3. The van der Waals surface area contributed by atoms with E-state index in [4.69, 9.17) is 18.9 Å². The van der Waals surface area contributed by atoms with Gasteiger partial charge in [0.25, 0.3) is 0 Å². The van der Waals surface area contributed by atoms with E-state index in [0.29, 0.717) is 36.1 Å². The molecule has 0 amide bonds. The van der Waals surface area contributed by atoms with Crippen LogP contribution in [0.25, 0.3) is 11.1 Å². The maximum Gasteiger partial charge on any atom is 0.355 e. The minimum Gasteiger partial charge on any atom is -0.465 e. The monoisotopic (exact) mass is 798 g/mol. The molecule has 0 N–H and O–H groups in total. The van der Waals surface area contributed by atoms with Gasteiger partial charge in [0.2, 0.25) is 0 Å². The zero-order chi connectivity index (χ0) is 43.5. The summed E-state index contributed by atoms with van der Waals surface area (Å²) in [6, 6.07) is 19.1. The van der Waals surface area contributed by atoms with E-state index >= 15 is 0 Å². The number of carbonyl (C=O) groups excluding carboxylic acids is 4. The summed E-state index contributed by atoms with van der Waals surface area (Å²) in [5, 5.41) is 0. The lowest BCUT2D eigenvalue weighted by molar-refractivity contribution is -0.141. The molecule has 58 heavy (non-hydrogen) atoms. The summed E-state index contributed by atoms with van der Waals surface area (Å²) in [6.45, 7) is 22.7. The molecule has 0 saturated carbocycles. The van der Waals surface area contributed by atoms with E-state index in [0.717, 1.165) is 24.0 Å². The van der Waals surface area contributed by atoms with Gasteiger partial charge in [0.1, 0.15) is 11.4 Å². The predicted octanol–water partition coefficient (Wildman–Crippen LogP) is 8.89. The summed E-state index contributed by atoms with van der Waals surface area (Å²) in [4.78, 5) is 55.7. The first-order valence-electron chi connectivity index (χ1n) is 20.1. The smallest absolute Gasteiger partial charge is 0.355 e. The molecule has 0 bridgehead atoms. The molecule has 10 heteroatoms. The molecule has 0 unspecified atom stereocenters. The van der Waals surface area contributed by atoms with Crippen molar-refractivity contribution >= 4 is 35.0 Å². The fourth-order valence-electron chi connectivity index (χ4n) is 7.18. The molecular weight excluding hydrogens is 733 g/mol. The number of benzene rings is 2. The number of carbonyl (C=O) groups is 4. The van der Waals surface area contributed by atoms with Crippen molar-refractivity contribution in [2.24, 2.45) is 22.7 Å². The Morgan fingerprint density at radius 1 is 0.517 bits per heavy atom. The fraction of sp³-hybridized carbons (Fsp3) is 0.500. The van der Waals surface area contributed by atoms with Crippen LogP contribution in [0.5, 0.6) is 0 Å². The van der Waals surface area contributed by atoms with Crippen molar-refractivity contribution in [1.29, 1.82) is 0 Å². The van der Waals surface area contributed by atoms with Crippen LogP contribution in [0.1, 0.15) is 93.2 Å². The Morgan fingerprint density at radius 3 is 1.05 bits per heavy atom. The van der Waals surface area contributed by atoms with Crippen LogP contribution in [-0.2, 0) is 38.1 Å². The third-order valence-corrected chi connectivity index (χ3v) is 10.3. The van der Waals surface area contributed by atoms with Crippen LogP contribution >= 0.6 is 0 Å². The van der Waals surface area contributed by atoms with Gasteiger partial charge in [-0.25, -0.2) is 19.2 Å². The highest BCUT2D eigenvalue weighted by molar-refractivity contribution is 6.14. The molecule has 10 nitrogen and oxygen atoms in total. The highest BCUT2D eigenvalue weighted by Crippen LogP contribution is 2.42. The zero-order valence-electron chi connectivity index (χ0n) is 37.2. The molecule has 0 spiro atoms. The second kappa shape index (κ2) is 20.5. The molecule has 2 atom stereocenters. The highest BCUT2D eigenvalue weighted by atomic mass is 16.5. The van der Waals surface area contributed by atoms with Crippen molar-refractivity contribution in [1.82, 2.24) is 9.80 Å². The molecule has 2 aliphatic heterocycles. The van der Waals surface area contributed by atoms with Crippen LogP contribution in [0, 0.1) is 22.7 Å². The summed E-state index contributed by atoms with van der Waals surface area (Å²) in [7, 11) is 5.36. The molecule has 0 radical (unpaired) electrons. The minimum absolute atomic E-state index is 0.0843. The van der Waals surface area contributed by atoms with Crippen molar-refractivity contribution in [2.45, 2.75) is 94.2 Å². The molecule has 2 aromatic rings. The summed E-state index contributed by atoms with van der Waals surface area (Å²) in [5.74, 6) is -1.22. The summed E-state index contributed by atoms with van der Waals surface area (Å²) < 4.78 is 20.4. The van der Waals surface area contributed by atoms with E-state index in [1.807, 2.05) is 70.5 Å². The van der Waals surface area contributed by atoms with Crippen molar-refractivity contribution < 1.29 is 38.1 Å². The van der Waals surface area contributed by atoms with Crippen LogP contribution in [0.4, 0.5) is 0 Å². The van der Waals surface area contributed by atoms with Crippen LogP contribution in [0.3, 0.4) is 0 Å². The average Bonchev–Trinajstić information content (AvgIpc) is 3.19. The first-order valence-corrected chi connectivity index (χ1v) is 20.1. The number of methoxy groups -OCH3 is 4. The van der Waals surface area contributed by atoms with Gasteiger partial charge in [-0.15, -0.1) is 0 Å². The molecule has 0 aromatic heterocycles. The number of nitrogens with zero attached hydrogens (tertiary/aromatic N) is 2. The molecule has 2 aromatic carbocycles. The van der Waals surface area contributed by atoms with E-state index in [2.05, 4.69) is 81.4 Å². The first kappa shape index (κ1) is 47.3. The van der Waals surface area contributed by atoms with Crippen LogP contribution in [-0.4, -0.2) is 87.3 Å². The molecule has 2 aliphatic rings. The van der Waals surface area contributed by atoms with Gasteiger partial charge in [-0.05, 0) is 57.8 Å². The number of ether oxygens (including phenoxy) is 4. The van der Waals surface area contributed by atoms with Crippen LogP contribution < -0.4 is 0 Å². The molecule has 316 valence electrons. The van der Waals surface area contributed by atoms with Gasteiger partial charge in [-0.2, -0.15) is 0 Å².